The van der Waals surface area contributed by atoms with E-state index in [1.807, 2.05) is 6.07 Å². The average Bonchev–Trinajstić information content (AvgIpc) is 2.85. The minimum atomic E-state index is -0.262. The van der Waals surface area contributed by atoms with Gasteiger partial charge in [0.1, 0.15) is 0 Å². The predicted octanol–water partition coefficient (Wildman–Crippen LogP) is 1.43. The molecule has 0 fully saturated rings. The summed E-state index contributed by atoms with van der Waals surface area (Å²) in [6.45, 7) is 0. The number of hydrogen-bond acceptors (Lipinski definition) is 6. The molecule has 0 aliphatic heterocycles. The highest BCUT2D eigenvalue weighted by Gasteiger charge is 2.07. The molecule has 0 aromatic carbocycles. The summed E-state index contributed by atoms with van der Waals surface area (Å²) in [5.74, 6) is 5.54. The number of nitrogens with zero attached hydrogens (tertiary/aromatic N) is 2. The van der Waals surface area contributed by atoms with Crippen LogP contribution >= 0.6 is 23.1 Å². The van der Waals surface area contributed by atoms with E-state index in [1.54, 1.807) is 24.5 Å². The first-order chi connectivity index (χ1) is 8.29. The van der Waals surface area contributed by atoms with E-state index in [-0.39, 0.29) is 5.91 Å². The Kier molecular flexibility index (Phi) is 4.08. The van der Waals surface area contributed by atoms with Crippen LogP contribution in [0.4, 0.5) is 0 Å². The van der Waals surface area contributed by atoms with E-state index in [0.29, 0.717) is 4.88 Å². The molecule has 0 spiro atoms. The topological polar surface area (TPSA) is 80.9 Å². The fraction of sp³-hybridized carbons (Fsp3) is 0.100. The van der Waals surface area contributed by atoms with Crippen molar-refractivity contribution in [1.29, 1.82) is 0 Å². The molecule has 3 N–H and O–H groups in total. The fourth-order valence-corrected chi connectivity index (χ4v) is 2.90. The Hall–Kier alpha value is -1.44. The molecule has 0 saturated heterocycles. The number of amides is 1. The summed E-state index contributed by atoms with van der Waals surface area (Å²) >= 11 is 2.95. The largest absolute Gasteiger partial charge is 0.289 e. The summed E-state index contributed by atoms with van der Waals surface area (Å²) in [7, 11) is 0. The Morgan fingerprint density at radius 1 is 1.41 bits per heavy atom. The molecule has 2 heterocycles. The van der Waals surface area contributed by atoms with Crippen molar-refractivity contribution in [1.82, 2.24) is 15.4 Å². The van der Waals surface area contributed by atoms with Gasteiger partial charge in [-0.25, -0.2) is 15.8 Å². The van der Waals surface area contributed by atoms with Crippen LogP contribution in [0.25, 0.3) is 0 Å². The molecule has 0 radical (unpaired) electrons. The van der Waals surface area contributed by atoms with Crippen LogP contribution < -0.4 is 11.3 Å². The second-order valence-corrected chi connectivity index (χ2v) is 5.17. The highest BCUT2D eigenvalue weighted by Crippen LogP contribution is 2.24. The zero-order valence-corrected chi connectivity index (χ0v) is 10.4. The first-order valence-electron chi connectivity index (χ1n) is 4.79. The van der Waals surface area contributed by atoms with E-state index in [1.165, 1.54) is 23.1 Å². The lowest BCUT2D eigenvalue weighted by Crippen LogP contribution is -2.29. The van der Waals surface area contributed by atoms with E-state index < -0.39 is 0 Å². The molecule has 0 aliphatic rings. The summed E-state index contributed by atoms with van der Waals surface area (Å²) in [6.07, 6.45) is 3.41. The van der Waals surface area contributed by atoms with Gasteiger partial charge in [0, 0.05) is 23.0 Å². The standard InChI is InChI=1S/C10H10N4OS2/c11-14-9(15)8-3-2-7(17-8)6-16-10-12-4-1-5-13-10/h1-5H,6,11H2,(H,14,15). The number of thioether (sulfide) groups is 1. The third-order valence-electron chi connectivity index (χ3n) is 1.90. The van der Waals surface area contributed by atoms with E-state index in [2.05, 4.69) is 15.4 Å². The third kappa shape index (κ3) is 3.26. The molecular formula is C10H10N4OS2. The van der Waals surface area contributed by atoms with Gasteiger partial charge in [0.25, 0.3) is 5.91 Å². The van der Waals surface area contributed by atoms with Crippen LogP contribution in [0, 0.1) is 0 Å². The Bertz CT molecular complexity index is 500. The van der Waals surface area contributed by atoms with Gasteiger partial charge in [0.2, 0.25) is 0 Å². The van der Waals surface area contributed by atoms with Gasteiger partial charge < -0.3 is 0 Å². The fourth-order valence-electron chi connectivity index (χ4n) is 1.14. The monoisotopic (exact) mass is 266 g/mol. The number of carbonyl (C=O) groups is 1. The van der Waals surface area contributed by atoms with Crippen LogP contribution in [-0.4, -0.2) is 15.9 Å². The minimum absolute atomic E-state index is 0.262. The molecule has 7 heteroatoms. The Labute approximate surface area is 106 Å². The van der Waals surface area contributed by atoms with Crippen molar-refractivity contribution >= 4 is 29.0 Å². The lowest BCUT2D eigenvalue weighted by atomic mass is 10.4. The van der Waals surface area contributed by atoms with Gasteiger partial charge in [-0.15, -0.1) is 11.3 Å². The SMILES string of the molecule is NNC(=O)c1ccc(CSc2ncccn2)s1. The van der Waals surface area contributed by atoms with Crippen molar-refractivity contribution in [3.8, 4) is 0 Å². The second kappa shape index (κ2) is 5.76. The molecule has 0 saturated carbocycles. The van der Waals surface area contributed by atoms with Crippen molar-refractivity contribution in [2.24, 2.45) is 5.84 Å². The maximum atomic E-state index is 11.2. The lowest BCUT2D eigenvalue weighted by molar-refractivity contribution is 0.0957. The molecular weight excluding hydrogens is 256 g/mol. The highest BCUT2D eigenvalue weighted by atomic mass is 32.2. The molecule has 88 valence electrons. The summed E-state index contributed by atoms with van der Waals surface area (Å²) in [6, 6.07) is 5.44. The molecule has 2 aromatic rings. The lowest BCUT2D eigenvalue weighted by Gasteiger charge is -1.96. The molecule has 2 aromatic heterocycles. The Balaban J connectivity index is 1.96. The van der Waals surface area contributed by atoms with Crippen LogP contribution in [0.1, 0.15) is 14.5 Å². The van der Waals surface area contributed by atoms with Gasteiger partial charge in [0.05, 0.1) is 4.88 Å². The van der Waals surface area contributed by atoms with E-state index >= 15 is 0 Å². The van der Waals surface area contributed by atoms with Gasteiger partial charge in [-0.1, -0.05) is 11.8 Å². The minimum Gasteiger partial charge on any atom is -0.289 e. The van der Waals surface area contributed by atoms with E-state index in [0.717, 1.165) is 15.8 Å². The number of rotatable bonds is 4. The Morgan fingerprint density at radius 3 is 2.88 bits per heavy atom. The molecule has 1 amide bonds. The summed E-state index contributed by atoms with van der Waals surface area (Å²) in [4.78, 5) is 21.2. The summed E-state index contributed by atoms with van der Waals surface area (Å²) < 4.78 is 0. The molecule has 0 unspecified atom stereocenters. The zero-order valence-electron chi connectivity index (χ0n) is 8.79. The van der Waals surface area contributed by atoms with E-state index in [9.17, 15) is 4.79 Å². The van der Waals surface area contributed by atoms with Crippen molar-refractivity contribution in [2.45, 2.75) is 10.9 Å². The molecule has 2 rings (SSSR count). The van der Waals surface area contributed by atoms with Crippen LogP contribution in [0.5, 0.6) is 0 Å². The third-order valence-corrected chi connectivity index (χ3v) is 4.09. The van der Waals surface area contributed by atoms with Gasteiger partial charge in [-0.05, 0) is 18.2 Å². The molecule has 5 nitrogen and oxygen atoms in total. The average molecular weight is 266 g/mol. The first-order valence-corrected chi connectivity index (χ1v) is 6.59. The molecule has 0 bridgehead atoms. The van der Waals surface area contributed by atoms with Crippen molar-refractivity contribution in [3.63, 3.8) is 0 Å². The normalized spacial score (nSPS) is 10.2. The van der Waals surface area contributed by atoms with Crippen molar-refractivity contribution in [3.05, 3.63) is 40.3 Å². The second-order valence-electron chi connectivity index (χ2n) is 3.06. The number of aromatic nitrogens is 2. The number of carbonyl (C=O) groups excluding carboxylic acids is 1. The molecule has 0 aliphatic carbocycles. The van der Waals surface area contributed by atoms with Crippen LogP contribution in [0.3, 0.4) is 0 Å². The molecule has 0 atom stereocenters. The van der Waals surface area contributed by atoms with Crippen LogP contribution in [-0.2, 0) is 5.75 Å². The maximum absolute atomic E-state index is 11.2. The number of nitrogen functional groups attached to an aromatic ring is 1. The predicted molar refractivity (Wildman–Crippen MR) is 67.6 cm³/mol. The van der Waals surface area contributed by atoms with Gasteiger partial charge >= 0.3 is 0 Å². The van der Waals surface area contributed by atoms with Crippen molar-refractivity contribution in [2.75, 3.05) is 0 Å². The summed E-state index contributed by atoms with van der Waals surface area (Å²) in [5, 5.41) is 0.728. The number of nitrogens with one attached hydrogen (secondary N) is 1. The van der Waals surface area contributed by atoms with Crippen LogP contribution in [0.2, 0.25) is 0 Å². The maximum Gasteiger partial charge on any atom is 0.275 e. The molecule has 17 heavy (non-hydrogen) atoms. The number of thiophene rings is 1. The zero-order chi connectivity index (χ0) is 12.1. The Morgan fingerprint density at radius 2 is 2.18 bits per heavy atom. The van der Waals surface area contributed by atoms with Crippen molar-refractivity contribution < 1.29 is 4.79 Å². The van der Waals surface area contributed by atoms with E-state index in [4.69, 9.17) is 5.84 Å². The number of hydrogen-bond donors (Lipinski definition) is 2. The van der Waals surface area contributed by atoms with Gasteiger partial charge in [-0.2, -0.15) is 0 Å². The van der Waals surface area contributed by atoms with Crippen LogP contribution in [0.15, 0.2) is 35.7 Å². The number of nitrogens with two attached hydrogens (primary N) is 1. The van der Waals surface area contributed by atoms with Gasteiger partial charge in [0.15, 0.2) is 5.16 Å². The van der Waals surface area contributed by atoms with Gasteiger partial charge in [-0.3, -0.25) is 10.2 Å². The smallest absolute Gasteiger partial charge is 0.275 e. The highest BCUT2D eigenvalue weighted by molar-refractivity contribution is 7.98. The quantitative estimate of drug-likeness (QED) is 0.288. The first kappa shape index (κ1) is 12.0. The number of hydrazine groups is 1. The summed E-state index contributed by atoms with van der Waals surface area (Å²) in [5.41, 5.74) is 2.11.